The maximum absolute atomic E-state index is 14.7. The fourth-order valence-corrected chi connectivity index (χ4v) is 7.43. The topological polar surface area (TPSA) is 186 Å². The van der Waals surface area contributed by atoms with Crippen LogP contribution in [0.4, 0.5) is 4.79 Å². The molecule has 5 atom stereocenters. The van der Waals surface area contributed by atoms with Crippen LogP contribution in [0.25, 0.3) is 22.2 Å². The van der Waals surface area contributed by atoms with Gasteiger partial charge in [-0.3, -0.25) is 19.3 Å². The number of carbonyl (C=O) groups is 4. The van der Waals surface area contributed by atoms with E-state index in [0.717, 1.165) is 9.87 Å². The van der Waals surface area contributed by atoms with Gasteiger partial charge in [0.25, 0.3) is 5.91 Å². The highest BCUT2D eigenvalue weighted by Crippen LogP contribution is 2.45. The van der Waals surface area contributed by atoms with Crippen molar-refractivity contribution in [2.24, 2.45) is 11.3 Å². The predicted molar refractivity (Wildman–Crippen MR) is 201 cm³/mol. The fourth-order valence-electron chi connectivity index (χ4n) is 6.52. The summed E-state index contributed by atoms with van der Waals surface area (Å²) in [7, 11) is -0.144. The molecule has 0 spiro atoms. The summed E-state index contributed by atoms with van der Waals surface area (Å²) in [6.45, 7) is 10.8. The van der Waals surface area contributed by atoms with E-state index in [0.29, 0.717) is 28.1 Å². The zero-order chi connectivity index (χ0) is 39.6. The van der Waals surface area contributed by atoms with Gasteiger partial charge in [0.15, 0.2) is 6.23 Å². The molecule has 2 aliphatic rings. The van der Waals surface area contributed by atoms with Gasteiger partial charge in [-0.15, -0.1) is 6.58 Å². The van der Waals surface area contributed by atoms with Gasteiger partial charge >= 0.3 is 16.3 Å². The molecule has 2 heterocycles. The molecule has 290 valence electrons. The third-order valence-corrected chi connectivity index (χ3v) is 11.4. The number of fused-ring (bicyclic) bond motifs is 1. The minimum atomic E-state index is -4.20. The molecule has 16 heteroatoms. The third-order valence-electron chi connectivity index (χ3n) is 9.89. The van der Waals surface area contributed by atoms with E-state index in [1.807, 2.05) is 30.3 Å². The molecule has 0 bridgehead atoms. The van der Waals surface area contributed by atoms with E-state index < -0.39 is 69.2 Å². The molecule has 0 radical (unpaired) electrons. The van der Waals surface area contributed by atoms with Crippen molar-refractivity contribution in [2.45, 2.75) is 70.8 Å². The zero-order valence-corrected chi connectivity index (χ0v) is 32.4. The Morgan fingerprint density at radius 3 is 2.39 bits per heavy atom. The van der Waals surface area contributed by atoms with Crippen LogP contribution < -0.4 is 24.8 Å². The van der Waals surface area contributed by atoms with E-state index in [4.69, 9.17) is 19.2 Å². The summed E-state index contributed by atoms with van der Waals surface area (Å²) < 4.78 is 45.6. The largest absolute Gasteiger partial charge is 0.497 e. The van der Waals surface area contributed by atoms with Gasteiger partial charge in [-0.1, -0.05) is 64.1 Å². The second-order valence-electron chi connectivity index (χ2n) is 14.5. The number of methoxy groups -OCH3 is 2. The Balaban J connectivity index is 1.55. The zero-order valence-electron chi connectivity index (χ0n) is 31.5. The quantitative estimate of drug-likeness (QED) is 0.217. The molecule has 1 aromatic heterocycles. The Labute approximate surface area is 315 Å². The van der Waals surface area contributed by atoms with Crippen molar-refractivity contribution < 1.29 is 41.8 Å². The van der Waals surface area contributed by atoms with Crippen molar-refractivity contribution >= 4 is 44.9 Å². The molecule has 5 rings (SSSR count). The van der Waals surface area contributed by atoms with Crippen molar-refractivity contribution in [2.75, 3.05) is 27.8 Å². The lowest BCUT2D eigenvalue weighted by Gasteiger charge is -2.37. The summed E-state index contributed by atoms with van der Waals surface area (Å²) in [4.78, 5) is 61.3. The number of ether oxygens (including phenoxy) is 3. The van der Waals surface area contributed by atoms with Crippen LogP contribution in [-0.2, 0) is 29.3 Å². The van der Waals surface area contributed by atoms with Crippen LogP contribution in [0.15, 0.2) is 67.3 Å². The monoisotopic (exact) mass is 764 g/mol. The van der Waals surface area contributed by atoms with Gasteiger partial charge in [-0.2, -0.15) is 12.7 Å². The van der Waals surface area contributed by atoms with Gasteiger partial charge in [0.1, 0.15) is 29.1 Å². The Hall–Kier alpha value is -5.22. The first-order valence-corrected chi connectivity index (χ1v) is 19.0. The Bertz CT molecular complexity index is 2040. The van der Waals surface area contributed by atoms with Gasteiger partial charge < -0.3 is 24.8 Å². The smallest absolute Gasteiger partial charge is 0.407 e. The average Bonchev–Trinajstić information content (AvgIpc) is 3.71. The number of hydrogen-bond acceptors (Lipinski definition) is 10. The number of aromatic nitrogens is 1. The average molecular weight is 765 g/mol. The van der Waals surface area contributed by atoms with Crippen LogP contribution in [0.1, 0.15) is 47.0 Å². The van der Waals surface area contributed by atoms with Crippen LogP contribution >= 0.6 is 0 Å². The summed E-state index contributed by atoms with van der Waals surface area (Å²) >= 11 is 0. The molecule has 1 aliphatic carbocycles. The first-order valence-electron chi connectivity index (χ1n) is 17.6. The normalized spacial score (nSPS) is 21.6. The molecule has 54 heavy (non-hydrogen) atoms. The minimum Gasteiger partial charge on any atom is -0.497 e. The van der Waals surface area contributed by atoms with Gasteiger partial charge in [0.05, 0.1) is 25.4 Å². The molecule has 2 fully saturated rings. The molecular weight excluding hydrogens is 717 g/mol. The van der Waals surface area contributed by atoms with Crippen molar-refractivity contribution in [3.63, 3.8) is 0 Å². The second kappa shape index (κ2) is 15.6. The highest BCUT2D eigenvalue weighted by molar-refractivity contribution is 7.87. The van der Waals surface area contributed by atoms with Gasteiger partial charge in [0, 0.05) is 49.0 Å². The number of pyridine rings is 1. The van der Waals surface area contributed by atoms with E-state index >= 15 is 0 Å². The van der Waals surface area contributed by atoms with E-state index in [1.165, 1.54) is 25.1 Å². The number of nitrogens with one attached hydrogen (secondary N) is 3. The number of alkyl carbamates (subject to hydrolysis) is 1. The third kappa shape index (κ3) is 8.14. The molecule has 2 aromatic carbocycles. The van der Waals surface area contributed by atoms with Crippen molar-refractivity contribution in [1.29, 1.82) is 0 Å². The van der Waals surface area contributed by atoms with Gasteiger partial charge in [-0.05, 0) is 30.4 Å². The molecule has 2 unspecified atom stereocenters. The second-order valence-corrected chi connectivity index (χ2v) is 16.2. The van der Waals surface area contributed by atoms with Crippen LogP contribution in [0.2, 0.25) is 0 Å². The summed E-state index contributed by atoms with van der Waals surface area (Å²) in [5, 5.41) is 6.02. The Kier molecular flexibility index (Phi) is 11.6. The van der Waals surface area contributed by atoms with E-state index in [-0.39, 0.29) is 25.8 Å². The maximum Gasteiger partial charge on any atom is 0.407 e. The van der Waals surface area contributed by atoms with Crippen molar-refractivity contribution in [3.05, 3.63) is 67.3 Å². The number of likely N-dealkylation sites (tertiary alicyclic amines) is 1. The molecule has 1 saturated carbocycles. The van der Waals surface area contributed by atoms with Crippen LogP contribution in [-0.4, -0.2) is 98.1 Å². The molecule has 4 amide bonds. The Morgan fingerprint density at radius 1 is 1.09 bits per heavy atom. The lowest BCUT2D eigenvalue weighted by molar-refractivity contribution is -0.149. The maximum atomic E-state index is 14.7. The van der Waals surface area contributed by atoms with Gasteiger partial charge in [-0.25, -0.2) is 14.5 Å². The molecule has 1 saturated heterocycles. The summed E-state index contributed by atoms with van der Waals surface area (Å²) in [6, 6.07) is 14.2. The Morgan fingerprint density at radius 2 is 1.80 bits per heavy atom. The highest BCUT2D eigenvalue weighted by atomic mass is 32.2. The number of amides is 4. The number of carbonyl (C=O) groups excluding carboxylic acids is 4. The molecule has 15 nitrogen and oxygen atoms in total. The first kappa shape index (κ1) is 40.0. The highest BCUT2D eigenvalue weighted by Gasteiger charge is 2.62. The van der Waals surface area contributed by atoms with Crippen molar-refractivity contribution in [3.8, 4) is 22.8 Å². The lowest BCUT2D eigenvalue weighted by atomic mass is 9.85. The first-order chi connectivity index (χ1) is 25.5. The van der Waals surface area contributed by atoms with E-state index in [9.17, 15) is 27.6 Å². The summed E-state index contributed by atoms with van der Waals surface area (Å²) in [5.74, 6) is -1.85. The molecular formula is C38H48N6O9S. The number of benzene rings is 2. The van der Waals surface area contributed by atoms with Crippen LogP contribution in [0.5, 0.6) is 11.5 Å². The van der Waals surface area contributed by atoms with E-state index in [2.05, 4.69) is 21.9 Å². The fraction of sp³-hybridized carbons (Fsp3) is 0.447. The number of hydrogen-bond donors (Lipinski definition) is 3. The van der Waals surface area contributed by atoms with E-state index in [1.54, 1.807) is 59.1 Å². The molecule has 1 aliphatic heterocycles. The summed E-state index contributed by atoms with van der Waals surface area (Å²) in [5.41, 5.74) is -0.498. The molecule has 3 aromatic rings. The SMILES string of the molecule is C=CC1CC1(NC(=O)[C@@H]1CC[C@@H](Oc2cc(-c3ccccc3)nc3cc(OC)ccc23)N1C(=O)[C@H](NC(=O)OC)C(C)(C)C)C(=O)NS(=O)(=O)N(C)CC. The minimum absolute atomic E-state index is 0.100. The van der Waals surface area contributed by atoms with Crippen LogP contribution in [0, 0.1) is 11.3 Å². The lowest BCUT2D eigenvalue weighted by Crippen LogP contribution is -2.62. The predicted octanol–water partition coefficient (Wildman–Crippen LogP) is 3.75. The molecule has 3 N–H and O–H groups in total. The van der Waals surface area contributed by atoms with Gasteiger partial charge in [0.2, 0.25) is 11.8 Å². The summed E-state index contributed by atoms with van der Waals surface area (Å²) in [6.07, 6.45) is 0.0219. The van der Waals surface area contributed by atoms with Crippen LogP contribution in [0.3, 0.4) is 0 Å². The standard InChI is InChI=1S/C38H48N6O9S/c1-9-24-22-38(24,35(47)42-54(49,50)43(6)10-2)41-33(45)29-18-19-31(44(29)34(46)32(37(3,4)5)40-36(48)52-8)53-30-21-27(23-14-12-11-13-15-23)39-28-20-25(51-7)16-17-26(28)30/h9,11-17,20-21,24,29,31-32H,1,10,18-19,22H2,2-8H3,(H,40,48)(H,41,45)(H,42,47)/t24?,29-,31+,32-,38?/m0/s1. The number of nitrogens with zero attached hydrogens (tertiary/aromatic N) is 3. The van der Waals surface area contributed by atoms with Crippen molar-refractivity contribution in [1.82, 2.24) is 29.5 Å². The number of rotatable bonds is 13.